The van der Waals surface area contributed by atoms with Crippen LogP contribution in [0.1, 0.15) is 0 Å². The second-order valence-corrected chi connectivity index (χ2v) is 3.91. The van der Waals surface area contributed by atoms with Crippen LogP contribution < -0.4 is 139 Å². The Hall–Kier alpha value is 1.68. The van der Waals surface area contributed by atoms with Crippen LogP contribution in [-0.4, -0.2) is 89.4 Å². The van der Waals surface area contributed by atoms with Gasteiger partial charge in [-0.3, -0.25) is 9.80 Å². The fourth-order valence-electron chi connectivity index (χ4n) is 1.44. The predicted molar refractivity (Wildman–Crippen MR) is 63.7 cm³/mol. The summed E-state index contributed by atoms with van der Waals surface area (Å²) in [4.78, 5) is 43.4. The van der Waals surface area contributed by atoms with Crippen molar-refractivity contribution < 1.29 is 174 Å². The Morgan fingerprint density at radius 1 is 0.481 bits per heavy atom. The molecule has 0 atom stereocenters. The molecule has 17 heteroatoms. The van der Waals surface area contributed by atoms with Crippen molar-refractivity contribution >= 4 is 23.9 Å². The van der Waals surface area contributed by atoms with Gasteiger partial charge < -0.3 is 56.0 Å². The molecule has 0 unspecified atom stereocenters. The van der Waals surface area contributed by atoms with E-state index in [1.165, 1.54) is 0 Å². The van der Waals surface area contributed by atoms with Gasteiger partial charge in [-0.2, -0.15) is 0 Å². The molecule has 6 N–H and O–H groups in total. The van der Waals surface area contributed by atoms with Crippen molar-refractivity contribution in [1.82, 2.24) is 9.80 Å². The molecule has 0 spiro atoms. The summed E-state index contributed by atoms with van der Waals surface area (Å²) >= 11 is 0. The smallest absolute Gasteiger partial charge is 0.549 e. The second kappa shape index (κ2) is 29.9. The Morgan fingerprint density at radius 3 is 0.741 bits per heavy atom. The first-order valence-electron chi connectivity index (χ1n) is 5.44. The van der Waals surface area contributed by atoms with E-state index < -0.39 is 50.1 Å². The maximum absolute atomic E-state index is 10.4. The van der Waals surface area contributed by atoms with Crippen LogP contribution in [0.5, 0.6) is 0 Å². The predicted octanol–water partition coefficient (Wildman–Crippen LogP) is -21.9. The number of nitrogens with zero attached hydrogens (tertiary/aromatic N) is 2. The normalized spacial score (nSPS) is 7.93. The van der Waals surface area contributed by atoms with E-state index in [0.29, 0.717) is 0 Å². The third-order valence-electron chi connectivity index (χ3n) is 2.14. The summed E-state index contributed by atoms with van der Waals surface area (Å²) in [7, 11) is 0. The van der Waals surface area contributed by atoms with Gasteiger partial charge in [0.25, 0.3) is 0 Å². The van der Waals surface area contributed by atoms with E-state index in [2.05, 4.69) is 0 Å². The number of carboxylic acids is 4. The molecule has 0 aromatic rings. The number of carbonyl (C=O) groups excluding carboxylic acids is 4. The van der Waals surface area contributed by atoms with Crippen LogP contribution in [0.15, 0.2) is 0 Å². The zero-order chi connectivity index (χ0) is 15.7. The summed E-state index contributed by atoms with van der Waals surface area (Å²) in [5.74, 6) is -6.12. The van der Waals surface area contributed by atoms with Crippen molar-refractivity contribution in [3.05, 3.63) is 0 Å². The summed E-state index contributed by atoms with van der Waals surface area (Å²) in [5.41, 5.74) is 0. The van der Waals surface area contributed by atoms with Crippen LogP contribution in [0.3, 0.4) is 0 Å². The van der Waals surface area contributed by atoms with Gasteiger partial charge in [-0.15, -0.1) is 0 Å². The van der Waals surface area contributed by atoms with Crippen LogP contribution in [0, 0.1) is 0 Å². The van der Waals surface area contributed by atoms with Crippen molar-refractivity contribution in [2.45, 2.75) is 0 Å². The van der Waals surface area contributed by atoms with Crippen LogP contribution in [0.25, 0.3) is 0 Å². The Kier molecular flexibility index (Phi) is 56.9. The van der Waals surface area contributed by atoms with E-state index in [-0.39, 0.29) is 148 Å². The fraction of sp³-hybridized carbons (Fsp3) is 0.600. The molecule has 0 amide bonds. The summed E-state index contributed by atoms with van der Waals surface area (Å²) in [6.07, 6.45) is 0. The molecule has 0 fully saturated rings. The molecule has 13 nitrogen and oxygen atoms in total. The van der Waals surface area contributed by atoms with E-state index in [1.807, 2.05) is 0 Å². The molecule has 0 aromatic heterocycles. The van der Waals surface area contributed by atoms with Crippen LogP contribution in [0.4, 0.5) is 0 Å². The van der Waals surface area contributed by atoms with Crippen LogP contribution in [-0.2, 0) is 19.2 Å². The molecule has 0 rings (SSSR count). The number of aliphatic carboxylic acids is 4. The average Bonchev–Trinajstić information content (AvgIpc) is 2.22. The van der Waals surface area contributed by atoms with Gasteiger partial charge in [0.05, 0.1) is 23.9 Å². The van der Waals surface area contributed by atoms with Crippen LogP contribution in [0.2, 0.25) is 0 Å². The summed E-state index contributed by atoms with van der Waals surface area (Å²) < 4.78 is 0. The number of hydrogen-bond acceptors (Lipinski definition) is 10. The number of carbonyl (C=O) groups is 4. The maximum Gasteiger partial charge on any atom is 1.00 e. The molecule has 0 bridgehead atoms. The molecular weight excluding hydrogens is 416 g/mol. The Labute approximate surface area is 243 Å². The quantitative estimate of drug-likeness (QED) is 0.277. The van der Waals surface area contributed by atoms with Gasteiger partial charge in [0.15, 0.2) is 0 Å². The fourth-order valence-corrected chi connectivity index (χ4v) is 1.44. The third kappa shape index (κ3) is 35.5. The molecule has 138 valence electrons. The van der Waals surface area contributed by atoms with E-state index >= 15 is 0 Å². The number of carboxylic acid groups (broad SMARTS) is 4. The van der Waals surface area contributed by atoms with E-state index in [9.17, 15) is 39.6 Å². The minimum absolute atomic E-state index is 0. The second-order valence-electron chi connectivity index (χ2n) is 3.91. The zero-order valence-corrected chi connectivity index (χ0v) is 23.9. The first-order chi connectivity index (χ1) is 9.20. The van der Waals surface area contributed by atoms with Gasteiger partial charge in [-0.1, -0.05) is 0 Å². The van der Waals surface area contributed by atoms with Crippen molar-refractivity contribution in [1.29, 1.82) is 0 Å². The van der Waals surface area contributed by atoms with Gasteiger partial charge >= 0.3 is 118 Å². The largest absolute Gasteiger partial charge is 1.00 e. The minimum atomic E-state index is -1.53. The first kappa shape index (κ1) is 51.4. The molecule has 0 aliphatic rings. The monoisotopic (exact) mass is 434 g/mol. The van der Waals surface area contributed by atoms with Crippen molar-refractivity contribution in [3.8, 4) is 0 Å². The number of rotatable bonds is 11. The van der Waals surface area contributed by atoms with Crippen LogP contribution >= 0.6 is 0 Å². The molecule has 0 aliphatic carbocycles. The molecule has 0 aliphatic heterocycles. The summed E-state index contributed by atoms with van der Waals surface area (Å²) in [6, 6.07) is 0. The average molecular weight is 434 g/mol. The first-order valence-corrected chi connectivity index (χ1v) is 5.44. The van der Waals surface area contributed by atoms with Gasteiger partial charge in [-0.05, 0) is 0 Å². The Morgan fingerprint density at radius 2 is 0.630 bits per heavy atom. The van der Waals surface area contributed by atoms with Gasteiger partial charge in [0.2, 0.25) is 0 Å². The van der Waals surface area contributed by atoms with E-state index in [0.717, 1.165) is 9.80 Å². The molecular formula is C10H18N2Na4O11. The van der Waals surface area contributed by atoms with Crippen molar-refractivity contribution in [3.63, 3.8) is 0 Å². The van der Waals surface area contributed by atoms with Crippen molar-refractivity contribution in [2.75, 3.05) is 39.3 Å². The summed E-state index contributed by atoms with van der Waals surface area (Å²) in [6.45, 7) is -3.25. The topological polar surface area (TPSA) is 262 Å². The number of hydrogen-bond donors (Lipinski definition) is 0. The Balaban J connectivity index is -0.0000000860. The zero-order valence-electron chi connectivity index (χ0n) is 15.9. The molecule has 27 heavy (non-hydrogen) atoms. The van der Waals surface area contributed by atoms with E-state index in [1.54, 1.807) is 0 Å². The molecule has 0 heterocycles. The molecule has 0 radical (unpaired) electrons. The molecule has 0 saturated carbocycles. The van der Waals surface area contributed by atoms with Gasteiger partial charge in [0, 0.05) is 39.3 Å². The van der Waals surface area contributed by atoms with E-state index in [4.69, 9.17) is 0 Å². The van der Waals surface area contributed by atoms with Crippen molar-refractivity contribution in [2.24, 2.45) is 0 Å². The summed E-state index contributed by atoms with van der Waals surface area (Å²) in [5, 5.41) is 41.6. The maximum atomic E-state index is 10.4. The molecule has 0 saturated heterocycles. The molecule has 0 aromatic carbocycles. The Bertz CT molecular complexity index is 335. The van der Waals surface area contributed by atoms with Gasteiger partial charge in [-0.25, -0.2) is 0 Å². The minimum Gasteiger partial charge on any atom is -0.549 e. The standard InChI is InChI=1S/C10H16N2O8.4Na.3H2O/c13-7(14)3-11(4-8(15)16)1-2-12(5-9(17)18)6-10(19)20;;;;;;;/h1-6H2,(H,13,14)(H,15,16)(H,17,18)(H,19,20);;;;;3*1H2/q;4*+1;;;/p-4. The SMILES string of the molecule is O.O.O.O=C([O-])CN(CCN(CC(=O)[O-])CC(=O)[O-])CC(=O)[O-].[Na+].[Na+].[Na+].[Na+]. The third-order valence-corrected chi connectivity index (χ3v) is 2.14. The van der Waals surface area contributed by atoms with Gasteiger partial charge in [0.1, 0.15) is 0 Å².